The van der Waals surface area contributed by atoms with Crippen LogP contribution in [0.5, 0.6) is 0 Å². The van der Waals surface area contributed by atoms with Crippen molar-refractivity contribution >= 4 is 27.6 Å². The van der Waals surface area contributed by atoms with Crippen LogP contribution in [0, 0.1) is 0 Å². The number of rotatable bonds is 4. The number of benzene rings is 2. The van der Waals surface area contributed by atoms with Crippen molar-refractivity contribution < 1.29 is 27.5 Å². The molecule has 0 bridgehead atoms. The zero-order valence-corrected chi connectivity index (χ0v) is 15.5. The molecule has 3 rings (SSSR count). The van der Waals surface area contributed by atoms with Crippen LogP contribution in [0.25, 0.3) is 0 Å². The molecule has 1 heterocycles. The van der Waals surface area contributed by atoms with Gasteiger partial charge in [-0.25, -0.2) is 13.2 Å². The average Bonchev–Trinajstić information content (AvgIpc) is 2.67. The molecule has 1 atom stereocenters. The van der Waals surface area contributed by atoms with Crippen molar-refractivity contribution in [1.29, 1.82) is 0 Å². The molecule has 1 aliphatic heterocycles. The van der Waals surface area contributed by atoms with Gasteiger partial charge in [-0.05, 0) is 31.2 Å². The summed E-state index contributed by atoms with van der Waals surface area (Å²) in [5, 5.41) is 0. The van der Waals surface area contributed by atoms with Gasteiger partial charge in [0.25, 0.3) is 0 Å². The molecule has 7 nitrogen and oxygen atoms in total. The van der Waals surface area contributed by atoms with E-state index in [2.05, 4.69) is 0 Å². The number of nitrogens with zero attached hydrogens (tertiary/aromatic N) is 1. The molecule has 0 spiro atoms. The zero-order valence-electron chi connectivity index (χ0n) is 14.7. The monoisotopic (exact) mass is 387 g/mol. The smallest absolute Gasteiger partial charge is 0.338 e. The molecule has 140 valence electrons. The topological polar surface area (TPSA) is 97.8 Å². The van der Waals surface area contributed by atoms with Gasteiger partial charge in [-0.2, -0.15) is 4.31 Å². The molecule has 0 fully saturated rings. The number of hydrogen-bond acceptors (Lipinski definition) is 6. The van der Waals surface area contributed by atoms with Gasteiger partial charge in [0, 0.05) is 18.2 Å². The third kappa shape index (κ3) is 3.17. The van der Waals surface area contributed by atoms with Crippen LogP contribution in [0.15, 0.2) is 53.4 Å². The molecule has 0 saturated carbocycles. The summed E-state index contributed by atoms with van der Waals surface area (Å²) in [6, 6.07) is 9.94. The van der Waals surface area contributed by atoms with Gasteiger partial charge >= 0.3 is 5.97 Å². The van der Waals surface area contributed by atoms with E-state index in [1.54, 1.807) is 13.0 Å². The minimum Gasteiger partial charge on any atom is -0.462 e. The van der Waals surface area contributed by atoms with Crippen molar-refractivity contribution in [3.05, 3.63) is 65.2 Å². The van der Waals surface area contributed by atoms with Gasteiger partial charge in [0.1, 0.15) is 0 Å². The second kappa shape index (κ2) is 7.05. The Bertz CT molecular complexity index is 1040. The summed E-state index contributed by atoms with van der Waals surface area (Å²) >= 11 is 0. The van der Waals surface area contributed by atoms with E-state index in [0.717, 1.165) is 4.31 Å². The Balaban J connectivity index is 2.04. The SMILES string of the molecule is CCOC(=O)c1cccc(C(=O)C2C(=O)c3ccccc3S(=O)(=O)N2C)c1. The average molecular weight is 387 g/mol. The normalized spacial score (nSPS) is 18.6. The lowest BCUT2D eigenvalue weighted by Gasteiger charge is -2.31. The first-order valence-corrected chi connectivity index (χ1v) is 9.65. The fourth-order valence-corrected chi connectivity index (χ4v) is 4.43. The minimum absolute atomic E-state index is 0.0181. The van der Waals surface area contributed by atoms with E-state index >= 15 is 0 Å². The number of hydrogen-bond donors (Lipinski definition) is 0. The first-order valence-electron chi connectivity index (χ1n) is 8.21. The van der Waals surface area contributed by atoms with Crippen LogP contribution in [0.4, 0.5) is 0 Å². The largest absolute Gasteiger partial charge is 0.462 e. The second-order valence-electron chi connectivity index (χ2n) is 5.95. The lowest BCUT2D eigenvalue weighted by atomic mass is 9.95. The molecular formula is C19H17NO6S. The molecule has 0 aliphatic carbocycles. The third-order valence-corrected chi connectivity index (χ3v) is 6.21. The maximum Gasteiger partial charge on any atom is 0.338 e. The molecule has 27 heavy (non-hydrogen) atoms. The van der Waals surface area contributed by atoms with Crippen LogP contribution in [0.3, 0.4) is 0 Å². The highest BCUT2D eigenvalue weighted by atomic mass is 32.2. The number of carbonyl (C=O) groups is 3. The highest BCUT2D eigenvalue weighted by Crippen LogP contribution is 2.30. The van der Waals surface area contributed by atoms with Crippen LogP contribution in [-0.2, 0) is 14.8 Å². The van der Waals surface area contributed by atoms with Gasteiger partial charge in [-0.1, -0.05) is 24.3 Å². The summed E-state index contributed by atoms with van der Waals surface area (Å²) in [5.74, 6) is -1.91. The van der Waals surface area contributed by atoms with Crippen LogP contribution in [0.1, 0.15) is 38.0 Å². The number of Topliss-reactive ketones (excluding diaryl/α,β-unsaturated/α-hetero) is 2. The quantitative estimate of drug-likeness (QED) is 0.452. The van der Waals surface area contributed by atoms with Gasteiger partial charge in [-0.15, -0.1) is 0 Å². The zero-order chi connectivity index (χ0) is 19.8. The number of ketones is 2. The Morgan fingerprint density at radius 3 is 2.44 bits per heavy atom. The van der Waals surface area contributed by atoms with E-state index in [0.29, 0.717) is 0 Å². The number of fused-ring (bicyclic) bond motifs is 1. The van der Waals surface area contributed by atoms with Gasteiger partial charge in [0.2, 0.25) is 10.0 Å². The van der Waals surface area contributed by atoms with Crippen molar-refractivity contribution in [2.24, 2.45) is 0 Å². The number of esters is 1. The van der Waals surface area contributed by atoms with Crippen molar-refractivity contribution in [1.82, 2.24) is 4.31 Å². The number of sulfonamides is 1. The van der Waals surface area contributed by atoms with E-state index in [9.17, 15) is 22.8 Å². The van der Waals surface area contributed by atoms with Crippen LogP contribution in [-0.4, -0.2) is 50.0 Å². The first kappa shape index (κ1) is 18.9. The number of likely N-dealkylation sites (N-methyl/N-ethyl adjacent to an activating group) is 1. The Morgan fingerprint density at radius 2 is 1.74 bits per heavy atom. The maximum atomic E-state index is 13.0. The third-order valence-electron chi connectivity index (χ3n) is 4.33. The predicted octanol–water partition coefficient (Wildman–Crippen LogP) is 1.93. The van der Waals surface area contributed by atoms with E-state index in [4.69, 9.17) is 4.74 Å². The summed E-state index contributed by atoms with van der Waals surface area (Å²) in [4.78, 5) is 37.6. The van der Waals surface area contributed by atoms with Gasteiger partial charge in [-0.3, -0.25) is 9.59 Å². The van der Waals surface area contributed by atoms with Gasteiger partial charge in [0.15, 0.2) is 17.6 Å². The molecule has 1 unspecified atom stereocenters. The first-order chi connectivity index (χ1) is 12.8. The minimum atomic E-state index is -3.99. The molecule has 1 aliphatic rings. The molecule has 0 aromatic heterocycles. The van der Waals surface area contributed by atoms with Crippen molar-refractivity contribution in [3.63, 3.8) is 0 Å². The highest BCUT2D eigenvalue weighted by molar-refractivity contribution is 7.89. The highest BCUT2D eigenvalue weighted by Gasteiger charge is 2.45. The Kier molecular flexibility index (Phi) is 4.95. The summed E-state index contributed by atoms with van der Waals surface area (Å²) in [6.07, 6.45) is 0. The number of ether oxygens (including phenoxy) is 1. The lowest BCUT2D eigenvalue weighted by Crippen LogP contribution is -2.51. The van der Waals surface area contributed by atoms with E-state index < -0.39 is 33.6 Å². The predicted molar refractivity (Wildman–Crippen MR) is 96.2 cm³/mol. The fourth-order valence-electron chi connectivity index (χ4n) is 2.96. The summed E-state index contributed by atoms with van der Waals surface area (Å²) in [5.41, 5.74) is 0.188. The summed E-state index contributed by atoms with van der Waals surface area (Å²) in [6.45, 7) is 1.83. The van der Waals surface area contributed by atoms with Gasteiger partial charge < -0.3 is 4.74 Å². The van der Waals surface area contributed by atoms with Crippen molar-refractivity contribution in [2.45, 2.75) is 17.9 Å². The Labute approximate surface area is 156 Å². The van der Waals surface area contributed by atoms with E-state index in [1.165, 1.54) is 49.5 Å². The number of carbonyl (C=O) groups excluding carboxylic acids is 3. The molecule has 2 aromatic rings. The molecule has 2 aromatic carbocycles. The molecule has 0 N–H and O–H groups in total. The van der Waals surface area contributed by atoms with Crippen LogP contribution in [0.2, 0.25) is 0 Å². The van der Waals surface area contributed by atoms with E-state index in [1.807, 2.05) is 0 Å². The Hall–Kier alpha value is -2.84. The molecular weight excluding hydrogens is 370 g/mol. The molecule has 8 heteroatoms. The van der Waals surface area contributed by atoms with E-state index in [-0.39, 0.29) is 28.2 Å². The van der Waals surface area contributed by atoms with Crippen molar-refractivity contribution in [2.75, 3.05) is 13.7 Å². The summed E-state index contributed by atoms with van der Waals surface area (Å²) < 4.78 is 31.1. The van der Waals surface area contributed by atoms with Crippen LogP contribution < -0.4 is 0 Å². The second-order valence-corrected chi connectivity index (χ2v) is 7.92. The molecule has 0 amide bonds. The van der Waals surface area contributed by atoms with Crippen molar-refractivity contribution in [3.8, 4) is 0 Å². The fraction of sp³-hybridized carbons (Fsp3) is 0.211. The lowest BCUT2D eigenvalue weighted by molar-refractivity contribution is 0.0526. The van der Waals surface area contributed by atoms with Crippen LogP contribution >= 0.6 is 0 Å². The maximum absolute atomic E-state index is 13.0. The Morgan fingerprint density at radius 1 is 1.07 bits per heavy atom. The van der Waals surface area contributed by atoms with Gasteiger partial charge in [0.05, 0.1) is 17.1 Å². The molecule has 0 saturated heterocycles. The summed E-state index contributed by atoms with van der Waals surface area (Å²) in [7, 11) is -2.80. The standard InChI is InChI=1S/C19H17NO6S/c1-3-26-19(23)13-8-6-7-12(11-13)17(21)16-18(22)14-9-4-5-10-15(14)27(24,25)20(16)2/h4-11,16H,3H2,1-2H3. The molecule has 0 radical (unpaired) electrons.